The minimum Gasteiger partial charge on any atom is -0.479 e. The molecular formula is C8H10O8. The van der Waals surface area contributed by atoms with E-state index in [0.717, 1.165) is 0 Å². The topological polar surface area (TPSA) is 149 Å². The lowest BCUT2D eigenvalue weighted by molar-refractivity contribution is -0.206. The summed E-state index contributed by atoms with van der Waals surface area (Å²) in [6.07, 6.45) is 0. The number of Topliss-reactive ketones (excluding diaryl/α,β-unsaturated/α-hetero) is 2. The first-order valence-electron chi connectivity index (χ1n) is 3.96. The minimum absolute atomic E-state index is 0.547. The second kappa shape index (κ2) is 3.99. The van der Waals surface area contributed by atoms with Gasteiger partial charge in [-0.3, -0.25) is 9.59 Å². The van der Waals surface area contributed by atoms with Crippen LogP contribution in [0.25, 0.3) is 0 Å². The first-order valence-corrected chi connectivity index (χ1v) is 3.96. The molecule has 0 aromatic carbocycles. The fourth-order valence-corrected chi connectivity index (χ4v) is 1.12. The van der Waals surface area contributed by atoms with Gasteiger partial charge in [0, 0.05) is 0 Å². The number of carboxylic acids is 2. The number of carbonyl (C=O) groups excluding carboxylic acids is 2. The summed E-state index contributed by atoms with van der Waals surface area (Å²) in [5.41, 5.74) is -7.44. The Morgan fingerprint density at radius 1 is 0.750 bits per heavy atom. The van der Waals surface area contributed by atoms with Gasteiger partial charge in [-0.2, -0.15) is 0 Å². The Kier molecular flexibility index (Phi) is 3.54. The van der Waals surface area contributed by atoms with Gasteiger partial charge in [-0.05, 0) is 13.8 Å². The van der Waals surface area contributed by atoms with Gasteiger partial charge in [0.15, 0.2) is 11.6 Å². The molecule has 2 atom stereocenters. The third-order valence-corrected chi connectivity index (χ3v) is 2.16. The summed E-state index contributed by atoms with van der Waals surface area (Å²) in [5, 5.41) is 36.0. The normalized spacial score (nSPS) is 18.0. The fourth-order valence-electron chi connectivity index (χ4n) is 1.12. The summed E-state index contributed by atoms with van der Waals surface area (Å²) in [6, 6.07) is 0. The Balaban J connectivity index is 6.05. The van der Waals surface area contributed by atoms with E-state index in [0.29, 0.717) is 13.8 Å². The quantitative estimate of drug-likeness (QED) is 0.391. The van der Waals surface area contributed by atoms with Crippen LogP contribution in [0.15, 0.2) is 0 Å². The summed E-state index contributed by atoms with van der Waals surface area (Å²) >= 11 is 0. The van der Waals surface area contributed by atoms with Gasteiger partial charge in [-0.1, -0.05) is 0 Å². The lowest BCUT2D eigenvalue weighted by Gasteiger charge is -2.32. The molecule has 8 nitrogen and oxygen atoms in total. The Morgan fingerprint density at radius 2 is 0.938 bits per heavy atom. The van der Waals surface area contributed by atoms with Crippen molar-refractivity contribution >= 4 is 23.5 Å². The maximum absolute atomic E-state index is 11.0. The third-order valence-electron chi connectivity index (χ3n) is 2.16. The molecular weight excluding hydrogens is 224 g/mol. The van der Waals surface area contributed by atoms with Gasteiger partial charge in [0.25, 0.3) is 11.2 Å². The van der Waals surface area contributed by atoms with Crippen LogP contribution < -0.4 is 0 Å². The Labute approximate surface area is 89.1 Å². The first-order chi connectivity index (χ1) is 7.02. The number of rotatable bonds is 5. The number of ketones is 2. The predicted molar refractivity (Wildman–Crippen MR) is 46.5 cm³/mol. The zero-order valence-corrected chi connectivity index (χ0v) is 8.42. The molecule has 0 aromatic rings. The Morgan fingerprint density at radius 3 is 1.00 bits per heavy atom. The maximum atomic E-state index is 11.0. The summed E-state index contributed by atoms with van der Waals surface area (Å²) in [4.78, 5) is 43.3. The maximum Gasteiger partial charge on any atom is 0.347 e. The van der Waals surface area contributed by atoms with Crippen molar-refractivity contribution in [2.45, 2.75) is 25.0 Å². The lowest BCUT2D eigenvalue weighted by Crippen LogP contribution is -2.70. The molecule has 0 aliphatic carbocycles. The van der Waals surface area contributed by atoms with E-state index in [1.54, 1.807) is 0 Å². The van der Waals surface area contributed by atoms with Crippen molar-refractivity contribution in [3.63, 3.8) is 0 Å². The van der Waals surface area contributed by atoms with Crippen molar-refractivity contribution < 1.29 is 39.6 Å². The second-order valence-corrected chi connectivity index (χ2v) is 3.14. The molecule has 0 saturated heterocycles. The van der Waals surface area contributed by atoms with Crippen LogP contribution in [0.1, 0.15) is 13.8 Å². The summed E-state index contributed by atoms with van der Waals surface area (Å²) in [7, 11) is 0. The highest BCUT2D eigenvalue weighted by molar-refractivity contribution is 6.20. The smallest absolute Gasteiger partial charge is 0.347 e. The van der Waals surface area contributed by atoms with Crippen molar-refractivity contribution in [1.82, 2.24) is 0 Å². The van der Waals surface area contributed by atoms with E-state index in [-0.39, 0.29) is 0 Å². The lowest BCUT2D eigenvalue weighted by atomic mass is 9.77. The number of carboxylic acid groups (broad SMARTS) is 2. The monoisotopic (exact) mass is 234 g/mol. The SMILES string of the molecule is CC(=O)[C@@](O)(C(=O)O)[C@@](O)(C(C)=O)C(=O)O. The van der Waals surface area contributed by atoms with E-state index in [1.165, 1.54) is 0 Å². The van der Waals surface area contributed by atoms with Gasteiger partial charge in [-0.25, -0.2) is 9.59 Å². The number of aliphatic carboxylic acids is 2. The van der Waals surface area contributed by atoms with Gasteiger partial charge >= 0.3 is 11.9 Å². The van der Waals surface area contributed by atoms with E-state index in [2.05, 4.69) is 0 Å². The van der Waals surface area contributed by atoms with Gasteiger partial charge in [-0.15, -0.1) is 0 Å². The molecule has 0 amide bonds. The highest BCUT2D eigenvalue weighted by Gasteiger charge is 2.67. The zero-order valence-electron chi connectivity index (χ0n) is 8.42. The number of aliphatic hydroxyl groups is 2. The molecule has 4 N–H and O–H groups in total. The summed E-state index contributed by atoms with van der Waals surface area (Å²) in [6.45, 7) is 1.09. The van der Waals surface area contributed by atoms with E-state index >= 15 is 0 Å². The van der Waals surface area contributed by atoms with Crippen LogP contribution in [-0.4, -0.2) is 55.1 Å². The third kappa shape index (κ3) is 1.57. The molecule has 0 aromatic heterocycles. The van der Waals surface area contributed by atoms with Crippen LogP contribution in [0.5, 0.6) is 0 Å². The number of hydrogen-bond acceptors (Lipinski definition) is 6. The largest absolute Gasteiger partial charge is 0.479 e. The van der Waals surface area contributed by atoms with Gasteiger partial charge < -0.3 is 20.4 Å². The zero-order chi connectivity index (χ0) is 13.3. The molecule has 0 fully saturated rings. The predicted octanol–water partition coefficient (Wildman–Crippen LogP) is -2.20. The molecule has 0 saturated carbocycles. The molecule has 0 heterocycles. The molecule has 0 unspecified atom stereocenters. The van der Waals surface area contributed by atoms with Crippen molar-refractivity contribution in [1.29, 1.82) is 0 Å². The molecule has 90 valence electrons. The molecule has 0 radical (unpaired) electrons. The molecule has 0 rings (SSSR count). The van der Waals surface area contributed by atoms with Crippen LogP contribution in [0.4, 0.5) is 0 Å². The molecule has 0 bridgehead atoms. The van der Waals surface area contributed by atoms with Crippen LogP contribution in [0, 0.1) is 0 Å². The number of carbonyl (C=O) groups is 4. The molecule has 0 spiro atoms. The Bertz CT molecular complexity index is 304. The van der Waals surface area contributed by atoms with Crippen LogP contribution >= 0.6 is 0 Å². The average Bonchev–Trinajstić information content (AvgIpc) is 2.13. The fraction of sp³-hybridized carbons (Fsp3) is 0.500. The highest BCUT2D eigenvalue weighted by Crippen LogP contribution is 2.26. The van der Waals surface area contributed by atoms with Gasteiger partial charge in [0.1, 0.15) is 0 Å². The minimum atomic E-state index is -3.72. The van der Waals surface area contributed by atoms with Crippen molar-refractivity contribution in [3.05, 3.63) is 0 Å². The van der Waals surface area contributed by atoms with E-state index in [1.807, 2.05) is 0 Å². The van der Waals surface area contributed by atoms with E-state index < -0.39 is 34.7 Å². The highest BCUT2D eigenvalue weighted by atomic mass is 16.5. The van der Waals surface area contributed by atoms with Gasteiger partial charge in [0.05, 0.1) is 0 Å². The summed E-state index contributed by atoms with van der Waals surface area (Å²) in [5.74, 6) is -7.78. The number of hydrogen-bond donors (Lipinski definition) is 4. The van der Waals surface area contributed by atoms with Crippen LogP contribution in [0.2, 0.25) is 0 Å². The standard InChI is InChI=1S/C8H10O8/c1-3(9)7(15,5(11)12)8(16,4(2)10)6(13)14/h15-16H,1-2H3,(H,11,12)(H,13,14)/t7-,8-/m1/s1. The van der Waals surface area contributed by atoms with Crippen molar-refractivity contribution in [2.24, 2.45) is 0 Å². The van der Waals surface area contributed by atoms with E-state index in [4.69, 9.17) is 10.2 Å². The second-order valence-electron chi connectivity index (χ2n) is 3.14. The van der Waals surface area contributed by atoms with Crippen LogP contribution in [0.3, 0.4) is 0 Å². The average molecular weight is 234 g/mol. The van der Waals surface area contributed by atoms with E-state index in [9.17, 15) is 29.4 Å². The Hall–Kier alpha value is -1.80. The molecule has 8 heteroatoms. The first kappa shape index (κ1) is 14.2. The van der Waals surface area contributed by atoms with Crippen molar-refractivity contribution in [3.8, 4) is 0 Å². The molecule has 16 heavy (non-hydrogen) atoms. The van der Waals surface area contributed by atoms with Crippen molar-refractivity contribution in [2.75, 3.05) is 0 Å². The molecule has 0 aliphatic rings. The molecule has 0 aliphatic heterocycles. The van der Waals surface area contributed by atoms with Gasteiger partial charge in [0.2, 0.25) is 0 Å². The van der Waals surface area contributed by atoms with Crippen LogP contribution in [-0.2, 0) is 19.2 Å². The summed E-state index contributed by atoms with van der Waals surface area (Å²) < 4.78 is 0.